The normalized spacial score (nSPS) is 11.1. The first kappa shape index (κ1) is 19.2. The molecule has 0 bridgehead atoms. The second kappa shape index (κ2) is 7.99. The largest absolute Gasteiger partial charge is 0.451 e. The Morgan fingerprint density at radius 3 is 2.36 bits per heavy atom. The van der Waals surface area contributed by atoms with Gasteiger partial charge < -0.3 is 9.64 Å². The molecule has 7 nitrogen and oxygen atoms in total. The van der Waals surface area contributed by atoms with E-state index in [4.69, 9.17) is 4.74 Å². The fourth-order valence-corrected chi connectivity index (χ4v) is 2.32. The molecule has 0 aliphatic rings. The van der Waals surface area contributed by atoms with Gasteiger partial charge in [0.1, 0.15) is 0 Å². The molecule has 0 radical (unpaired) electrons. The van der Waals surface area contributed by atoms with E-state index in [1.165, 1.54) is 23.2 Å². The summed E-state index contributed by atoms with van der Waals surface area (Å²) >= 11 is 0. The average Bonchev–Trinajstić information content (AvgIpc) is 2.69. The van der Waals surface area contributed by atoms with Crippen LogP contribution in [0.15, 0.2) is 55.2 Å². The minimum Gasteiger partial charge on any atom is -0.436 e. The predicted octanol–water partition coefficient (Wildman–Crippen LogP) is 3.74. The summed E-state index contributed by atoms with van der Waals surface area (Å²) in [6, 6.07) is 6.44. The van der Waals surface area contributed by atoms with Crippen molar-refractivity contribution in [3.8, 4) is 11.6 Å². The summed E-state index contributed by atoms with van der Waals surface area (Å²) in [6.45, 7) is 2.27. The van der Waals surface area contributed by atoms with Crippen molar-refractivity contribution >= 4 is 11.6 Å². The maximum Gasteiger partial charge on any atom is 0.451 e. The van der Waals surface area contributed by atoms with Crippen LogP contribution in [0.25, 0.3) is 0 Å². The van der Waals surface area contributed by atoms with Crippen LogP contribution in [0.1, 0.15) is 23.1 Å². The maximum atomic E-state index is 12.7. The van der Waals surface area contributed by atoms with Gasteiger partial charge in [-0.1, -0.05) is 0 Å². The maximum absolute atomic E-state index is 12.7. The molecule has 1 amide bonds. The number of anilines is 1. The van der Waals surface area contributed by atoms with Crippen molar-refractivity contribution in [3.63, 3.8) is 0 Å². The first-order chi connectivity index (χ1) is 13.4. The summed E-state index contributed by atoms with van der Waals surface area (Å²) in [6.07, 6.45) is 1.69. The number of carbonyl (C=O) groups is 1. The Morgan fingerprint density at radius 1 is 1.07 bits per heavy atom. The molecule has 10 heteroatoms. The van der Waals surface area contributed by atoms with Gasteiger partial charge in [-0.05, 0) is 25.1 Å². The monoisotopic (exact) mass is 389 g/mol. The average molecular weight is 389 g/mol. The van der Waals surface area contributed by atoms with Crippen molar-refractivity contribution in [2.75, 3.05) is 11.4 Å². The summed E-state index contributed by atoms with van der Waals surface area (Å²) in [7, 11) is 0. The smallest absolute Gasteiger partial charge is 0.436 e. The highest BCUT2D eigenvalue weighted by molar-refractivity contribution is 6.05. The van der Waals surface area contributed by atoms with E-state index in [1.807, 2.05) is 6.92 Å². The van der Waals surface area contributed by atoms with Crippen molar-refractivity contribution in [1.82, 2.24) is 19.9 Å². The van der Waals surface area contributed by atoms with Gasteiger partial charge in [0.2, 0.25) is 11.7 Å². The Hall–Kier alpha value is -3.56. The van der Waals surface area contributed by atoms with E-state index < -0.39 is 12.0 Å². The molecule has 144 valence electrons. The lowest BCUT2D eigenvalue weighted by molar-refractivity contribution is -0.145. The molecule has 0 atom stereocenters. The van der Waals surface area contributed by atoms with E-state index in [-0.39, 0.29) is 17.5 Å². The third-order valence-corrected chi connectivity index (χ3v) is 3.61. The number of alkyl halides is 3. The van der Waals surface area contributed by atoms with Crippen molar-refractivity contribution in [3.05, 3.63) is 66.6 Å². The summed E-state index contributed by atoms with van der Waals surface area (Å²) < 4.78 is 42.7. The molecule has 3 rings (SSSR count). The summed E-state index contributed by atoms with van der Waals surface area (Å²) in [4.78, 5) is 28.6. The minimum atomic E-state index is -4.63. The molecule has 0 N–H and O–H groups in total. The molecule has 0 saturated carbocycles. The second-order valence-electron chi connectivity index (χ2n) is 5.49. The molecular weight excluding hydrogens is 375 g/mol. The molecule has 28 heavy (non-hydrogen) atoms. The molecule has 0 fully saturated rings. The van der Waals surface area contributed by atoms with Gasteiger partial charge in [0.15, 0.2) is 5.75 Å². The summed E-state index contributed by atoms with van der Waals surface area (Å²) in [5, 5.41) is 0. The fraction of sp³-hybridized carbons (Fsp3) is 0.167. The van der Waals surface area contributed by atoms with Crippen molar-refractivity contribution < 1.29 is 22.7 Å². The van der Waals surface area contributed by atoms with Crippen molar-refractivity contribution in [2.24, 2.45) is 0 Å². The van der Waals surface area contributed by atoms with Gasteiger partial charge in [0.05, 0.1) is 29.8 Å². The van der Waals surface area contributed by atoms with Gasteiger partial charge >= 0.3 is 6.18 Å². The number of aromatic nitrogens is 4. The number of carbonyl (C=O) groups excluding carboxylic acids is 1. The number of halogens is 3. The molecule has 0 aliphatic carbocycles. The Morgan fingerprint density at radius 2 is 1.82 bits per heavy atom. The van der Waals surface area contributed by atoms with E-state index >= 15 is 0 Å². The summed E-state index contributed by atoms with van der Waals surface area (Å²) in [5.41, 5.74) is 0.971. The lowest BCUT2D eigenvalue weighted by Gasteiger charge is -2.20. The van der Waals surface area contributed by atoms with Gasteiger partial charge in [-0.25, -0.2) is 15.0 Å². The number of hydrogen-bond donors (Lipinski definition) is 0. The van der Waals surface area contributed by atoms with Crippen molar-refractivity contribution in [1.29, 1.82) is 0 Å². The quantitative estimate of drug-likeness (QED) is 0.661. The lowest BCUT2D eigenvalue weighted by atomic mass is 10.2. The van der Waals surface area contributed by atoms with E-state index in [9.17, 15) is 18.0 Å². The van der Waals surface area contributed by atoms with Crippen LogP contribution in [-0.2, 0) is 6.18 Å². The highest BCUT2D eigenvalue weighted by Gasteiger charge is 2.34. The van der Waals surface area contributed by atoms with Gasteiger partial charge in [-0.15, -0.1) is 0 Å². The standard InChI is InChI=1S/C18H14F3N5O2/c1-2-26(13-4-3-7-22-9-13)16(27)12-5-6-15(23-8-12)28-14-10-24-17(25-11-14)18(19,20)21/h3-11H,2H2,1H3. The number of pyridine rings is 2. The molecule has 0 aliphatic heterocycles. The van der Waals surface area contributed by atoms with Gasteiger partial charge in [0.25, 0.3) is 5.91 Å². The highest BCUT2D eigenvalue weighted by atomic mass is 19.4. The zero-order valence-electron chi connectivity index (χ0n) is 14.6. The molecule has 3 aromatic rings. The Bertz CT molecular complexity index is 932. The second-order valence-corrected chi connectivity index (χ2v) is 5.49. The van der Waals surface area contributed by atoms with Crippen LogP contribution in [-0.4, -0.2) is 32.4 Å². The number of hydrogen-bond acceptors (Lipinski definition) is 6. The molecule has 0 spiro atoms. The Labute approximate surface area is 157 Å². The van der Waals surface area contributed by atoms with Crippen LogP contribution in [0, 0.1) is 0 Å². The van der Waals surface area contributed by atoms with E-state index in [0.29, 0.717) is 17.8 Å². The highest BCUT2D eigenvalue weighted by Crippen LogP contribution is 2.27. The SMILES string of the molecule is CCN(C(=O)c1ccc(Oc2cnc(C(F)(F)F)nc2)nc1)c1cccnc1. The molecule has 3 heterocycles. The van der Waals surface area contributed by atoms with Crippen LogP contribution < -0.4 is 9.64 Å². The fourth-order valence-electron chi connectivity index (χ4n) is 2.32. The third-order valence-electron chi connectivity index (χ3n) is 3.61. The molecular formula is C18H14F3N5O2. The van der Waals surface area contributed by atoms with Crippen LogP contribution in [0.4, 0.5) is 18.9 Å². The zero-order valence-corrected chi connectivity index (χ0v) is 14.6. The third kappa shape index (κ3) is 4.40. The molecule has 0 unspecified atom stereocenters. The van der Waals surface area contributed by atoms with E-state index in [1.54, 1.807) is 24.5 Å². The molecule has 3 aromatic heterocycles. The Balaban J connectivity index is 1.71. The minimum absolute atomic E-state index is 0.00915. The summed E-state index contributed by atoms with van der Waals surface area (Å²) in [5.74, 6) is -1.45. The van der Waals surface area contributed by atoms with Crippen LogP contribution >= 0.6 is 0 Å². The molecule has 0 aromatic carbocycles. The van der Waals surface area contributed by atoms with Gasteiger partial charge in [0, 0.05) is 25.0 Å². The van der Waals surface area contributed by atoms with Crippen LogP contribution in [0.3, 0.4) is 0 Å². The van der Waals surface area contributed by atoms with Crippen molar-refractivity contribution in [2.45, 2.75) is 13.1 Å². The van der Waals surface area contributed by atoms with Gasteiger partial charge in [-0.3, -0.25) is 9.78 Å². The zero-order chi connectivity index (χ0) is 20.1. The topological polar surface area (TPSA) is 81.1 Å². The van der Waals surface area contributed by atoms with Gasteiger partial charge in [-0.2, -0.15) is 13.2 Å². The predicted molar refractivity (Wildman–Crippen MR) is 92.9 cm³/mol. The number of amides is 1. The van der Waals surface area contributed by atoms with E-state index in [0.717, 1.165) is 12.4 Å². The molecule has 0 saturated heterocycles. The Kier molecular flexibility index (Phi) is 5.48. The van der Waals surface area contributed by atoms with Crippen LogP contribution in [0.2, 0.25) is 0 Å². The first-order valence-corrected chi connectivity index (χ1v) is 8.13. The van der Waals surface area contributed by atoms with E-state index in [2.05, 4.69) is 19.9 Å². The lowest BCUT2D eigenvalue weighted by Crippen LogP contribution is -2.30. The first-order valence-electron chi connectivity index (χ1n) is 8.13. The number of ether oxygens (including phenoxy) is 1. The number of nitrogens with zero attached hydrogens (tertiary/aromatic N) is 5. The van der Waals surface area contributed by atoms with Crippen LogP contribution in [0.5, 0.6) is 11.6 Å². The number of rotatable bonds is 5.